The molecule has 1 saturated carbocycles. The van der Waals surface area contributed by atoms with Crippen LogP contribution in [0.2, 0.25) is 0 Å². The van der Waals surface area contributed by atoms with Gasteiger partial charge in [-0.3, -0.25) is 9.48 Å². The number of nitrogens with one attached hydrogen (secondary N) is 1. The van der Waals surface area contributed by atoms with Crippen LogP contribution in [0.25, 0.3) is 33.5 Å². The summed E-state index contributed by atoms with van der Waals surface area (Å²) in [5.41, 5.74) is 3.15. The minimum Gasteiger partial charge on any atom is -0.495 e. The third-order valence-electron chi connectivity index (χ3n) is 5.36. The van der Waals surface area contributed by atoms with Crippen molar-refractivity contribution in [1.29, 1.82) is 0 Å². The Kier molecular flexibility index (Phi) is 4.61. The number of hydrogen-bond donors (Lipinski definition) is 1. The summed E-state index contributed by atoms with van der Waals surface area (Å²) in [7, 11) is 3.33. The SMILES string of the molecule is CCn1nc(-c2cccc(-c3nnn(C)n3)c2OC)c2cc(NC(=O)C3CC3)ncc21. The van der Waals surface area contributed by atoms with Gasteiger partial charge >= 0.3 is 0 Å². The Morgan fingerprint density at radius 1 is 1.26 bits per heavy atom. The Bertz CT molecular complexity index is 1290. The number of para-hydroxylation sites is 1. The van der Waals surface area contributed by atoms with E-state index in [0.717, 1.165) is 40.6 Å². The quantitative estimate of drug-likeness (QED) is 0.512. The van der Waals surface area contributed by atoms with E-state index in [9.17, 15) is 4.79 Å². The minimum absolute atomic E-state index is 0.0181. The lowest BCUT2D eigenvalue weighted by molar-refractivity contribution is -0.117. The number of fused-ring (bicyclic) bond motifs is 1. The highest BCUT2D eigenvalue weighted by Gasteiger charge is 2.30. The monoisotopic (exact) mass is 418 g/mol. The fourth-order valence-electron chi connectivity index (χ4n) is 3.67. The van der Waals surface area contributed by atoms with E-state index in [4.69, 9.17) is 9.84 Å². The molecule has 3 aromatic heterocycles. The van der Waals surface area contributed by atoms with Gasteiger partial charge in [0.15, 0.2) is 0 Å². The van der Waals surface area contributed by atoms with E-state index < -0.39 is 0 Å². The first-order chi connectivity index (χ1) is 15.1. The third kappa shape index (κ3) is 3.39. The number of nitrogens with zero attached hydrogens (tertiary/aromatic N) is 7. The first-order valence-electron chi connectivity index (χ1n) is 10.2. The zero-order valence-corrected chi connectivity index (χ0v) is 17.5. The zero-order chi connectivity index (χ0) is 21.5. The highest BCUT2D eigenvalue weighted by molar-refractivity contribution is 5.99. The Labute approximate surface area is 178 Å². The van der Waals surface area contributed by atoms with Crippen molar-refractivity contribution in [2.45, 2.75) is 26.3 Å². The molecule has 10 nitrogen and oxygen atoms in total. The van der Waals surface area contributed by atoms with E-state index in [1.54, 1.807) is 20.4 Å². The van der Waals surface area contributed by atoms with Crippen molar-refractivity contribution < 1.29 is 9.53 Å². The van der Waals surface area contributed by atoms with E-state index in [0.29, 0.717) is 23.9 Å². The number of anilines is 1. The summed E-state index contributed by atoms with van der Waals surface area (Å²) in [6.45, 7) is 2.70. The minimum atomic E-state index is 0.0181. The lowest BCUT2D eigenvalue weighted by Crippen LogP contribution is -2.14. The predicted molar refractivity (Wildman–Crippen MR) is 114 cm³/mol. The maximum atomic E-state index is 12.2. The normalized spacial score (nSPS) is 13.5. The molecule has 158 valence electrons. The summed E-state index contributed by atoms with van der Waals surface area (Å²) < 4.78 is 7.66. The lowest BCUT2D eigenvalue weighted by atomic mass is 10.0. The van der Waals surface area contributed by atoms with Crippen molar-refractivity contribution in [3.63, 3.8) is 0 Å². The molecule has 4 aromatic rings. The Morgan fingerprint density at radius 3 is 2.74 bits per heavy atom. The molecule has 1 aliphatic carbocycles. The summed E-state index contributed by atoms with van der Waals surface area (Å²) in [6.07, 6.45) is 3.62. The van der Waals surface area contributed by atoms with Gasteiger partial charge in [-0.2, -0.15) is 9.90 Å². The molecule has 0 saturated heterocycles. The van der Waals surface area contributed by atoms with Gasteiger partial charge in [-0.25, -0.2) is 4.98 Å². The van der Waals surface area contributed by atoms with Gasteiger partial charge < -0.3 is 10.1 Å². The van der Waals surface area contributed by atoms with Gasteiger partial charge in [-0.1, -0.05) is 6.07 Å². The van der Waals surface area contributed by atoms with Gasteiger partial charge in [0.2, 0.25) is 11.7 Å². The van der Waals surface area contributed by atoms with Crippen LogP contribution in [0.3, 0.4) is 0 Å². The molecule has 3 heterocycles. The molecular weight excluding hydrogens is 396 g/mol. The Morgan fingerprint density at radius 2 is 2.06 bits per heavy atom. The van der Waals surface area contributed by atoms with Crippen molar-refractivity contribution >= 4 is 22.6 Å². The summed E-state index contributed by atoms with van der Waals surface area (Å²) in [4.78, 5) is 18.1. The molecule has 1 N–H and O–H groups in total. The van der Waals surface area contributed by atoms with Crippen LogP contribution < -0.4 is 10.1 Å². The molecule has 1 fully saturated rings. The molecule has 0 aliphatic heterocycles. The maximum absolute atomic E-state index is 12.2. The molecule has 5 rings (SSSR count). The Hall–Kier alpha value is -3.82. The number of aromatic nitrogens is 7. The first-order valence-corrected chi connectivity index (χ1v) is 10.2. The maximum Gasteiger partial charge on any atom is 0.228 e. The molecule has 1 amide bonds. The largest absolute Gasteiger partial charge is 0.495 e. The van der Waals surface area contributed by atoms with Crippen molar-refractivity contribution in [1.82, 2.24) is 35.0 Å². The van der Waals surface area contributed by atoms with E-state index in [2.05, 4.69) is 25.7 Å². The number of benzene rings is 1. The number of hydrogen-bond acceptors (Lipinski definition) is 7. The molecule has 0 bridgehead atoms. The van der Waals surface area contributed by atoms with E-state index in [1.165, 1.54) is 4.80 Å². The van der Waals surface area contributed by atoms with Crippen molar-refractivity contribution in [3.8, 4) is 28.4 Å². The number of aryl methyl sites for hydroxylation is 2. The lowest BCUT2D eigenvalue weighted by Gasteiger charge is -2.10. The topological polar surface area (TPSA) is 113 Å². The van der Waals surface area contributed by atoms with Gasteiger partial charge in [-0.15, -0.1) is 10.2 Å². The van der Waals surface area contributed by atoms with E-state index >= 15 is 0 Å². The summed E-state index contributed by atoms with van der Waals surface area (Å²) >= 11 is 0. The number of tetrazole rings is 1. The van der Waals surface area contributed by atoms with Crippen LogP contribution >= 0.6 is 0 Å². The summed E-state index contributed by atoms with van der Waals surface area (Å²) in [6, 6.07) is 7.62. The van der Waals surface area contributed by atoms with Crippen LogP contribution in [0.5, 0.6) is 5.75 Å². The summed E-state index contributed by atoms with van der Waals surface area (Å²) in [5, 5.41) is 21.0. The molecule has 1 aliphatic rings. The molecule has 0 radical (unpaired) electrons. The van der Waals surface area contributed by atoms with E-state index in [-0.39, 0.29) is 11.8 Å². The second kappa shape index (κ2) is 7.46. The zero-order valence-electron chi connectivity index (χ0n) is 17.5. The van der Waals surface area contributed by atoms with Gasteiger partial charge in [-0.05, 0) is 43.2 Å². The van der Waals surface area contributed by atoms with Crippen molar-refractivity contribution in [2.24, 2.45) is 13.0 Å². The fourth-order valence-corrected chi connectivity index (χ4v) is 3.67. The van der Waals surface area contributed by atoms with E-state index in [1.807, 2.05) is 35.9 Å². The second-order valence-electron chi connectivity index (χ2n) is 7.50. The van der Waals surface area contributed by atoms with Gasteiger partial charge in [0.1, 0.15) is 17.3 Å². The second-order valence-corrected chi connectivity index (χ2v) is 7.50. The van der Waals surface area contributed by atoms with Crippen LogP contribution in [-0.2, 0) is 18.4 Å². The number of methoxy groups -OCH3 is 1. The van der Waals surface area contributed by atoms with Gasteiger partial charge in [0.25, 0.3) is 0 Å². The fraction of sp³-hybridized carbons (Fsp3) is 0.333. The van der Waals surface area contributed by atoms with Crippen LogP contribution in [0, 0.1) is 5.92 Å². The van der Waals surface area contributed by atoms with Crippen LogP contribution in [-0.4, -0.2) is 48.0 Å². The molecule has 31 heavy (non-hydrogen) atoms. The molecular formula is C21H22N8O2. The van der Waals surface area contributed by atoms with Crippen LogP contribution in [0.1, 0.15) is 19.8 Å². The van der Waals surface area contributed by atoms with Crippen molar-refractivity contribution in [2.75, 3.05) is 12.4 Å². The number of ether oxygens (including phenoxy) is 1. The smallest absolute Gasteiger partial charge is 0.228 e. The first kappa shape index (κ1) is 19.2. The number of amides is 1. The molecule has 1 aromatic carbocycles. The Balaban J connectivity index is 1.66. The summed E-state index contributed by atoms with van der Waals surface area (Å²) in [5.74, 6) is 1.72. The number of rotatable bonds is 6. The highest BCUT2D eigenvalue weighted by Crippen LogP contribution is 2.40. The number of carbonyl (C=O) groups excluding carboxylic acids is 1. The molecule has 0 spiro atoms. The molecule has 0 atom stereocenters. The average Bonchev–Trinajstić information content (AvgIpc) is 3.45. The van der Waals surface area contributed by atoms with Crippen LogP contribution in [0.4, 0.5) is 5.82 Å². The van der Waals surface area contributed by atoms with Gasteiger partial charge in [0.05, 0.1) is 31.4 Å². The van der Waals surface area contributed by atoms with Crippen LogP contribution in [0.15, 0.2) is 30.5 Å². The average molecular weight is 418 g/mol. The molecule has 0 unspecified atom stereocenters. The number of carbonyl (C=O) groups is 1. The molecule has 10 heteroatoms. The van der Waals surface area contributed by atoms with Gasteiger partial charge in [0, 0.05) is 23.4 Å². The van der Waals surface area contributed by atoms with Crippen molar-refractivity contribution in [3.05, 3.63) is 30.5 Å². The standard InChI is InChI=1S/C21H22N8O2/c1-4-29-16-11-22-17(23-21(30)12-8-9-12)10-15(16)18(25-29)13-6-5-7-14(19(13)31-3)20-24-27-28(2)26-20/h5-7,10-12H,4,8-9H2,1-3H3,(H,22,23,30). The highest BCUT2D eigenvalue weighted by atomic mass is 16.5. The third-order valence-corrected chi connectivity index (χ3v) is 5.36. The predicted octanol–water partition coefficient (Wildman–Crippen LogP) is 2.67. The number of pyridine rings is 1.